The van der Waals surface area contributed by atoms with Crippen LogP contribution in [0.5, 0.6) is 5.75 Å². The van der Waals surface area contributed by atoms with Crippen molar-refractivity contribution in [2.45, 2.75) is 34.2 Å². The van der Waals surface area contributed by atoms with E-state index in [2.05, 4.69) is 18.8 Å². The van der Waals surface area contributed by atoms with Crippen LogP contribution in [0.1, 0.15) is 41.0 Å². The Kier molecular flexibility index (Phi) is 6.02. The fourth-order valence-electron chi connectivity index (χ4n) is 2.45. The minimum Gasteiger partial charge on any atom is -0.493 e. The molecule has 1 N–H and O–H groups in total. The third-order valence-electron chi connectivity index (χ3n) is 4.03. The maximum atomic E-state index is 12.7. The maximum Gasteiger partial charge on any atom is 0.261 e. The van der Waals surface area contributed by atoms with E-state index in [1.807, 2.05) is 38.1 Å². The first kappa shape index (κ1) is 18.8. The number of hydrogen-bond acceptors (Lipinski definition) is 3. The van der Waals surface area contributed by atoms with E-state index in [0.29, 0.717) is 19.1 Å². The molecule has 0 saturated heterocycles. The number of benzene rings is 1. The Hall–Kier alpha value is -2.56. The second-order valence-corrected chi connectivity index (χ2v) is 6.79. The second-order valence-electron chi connectivity index (χ2n) is 6.79. The molecule has 25 heavy (non-hydrogen) atoms. The molecule has 5 nitrogen and oxygen atoms in total. The number of aromatic amines is 1. The van der Waals surface area contributed by atoms with Gasteiger partial charge in [-0.1, -0.05) is 32.0 Å². The molecule has 0 spiro atoms. The third kappa shape index (κ3) is 4.72. The Labute approximate surface area is 148 Å². The highest BCUT2D eigenvalue weighted by Crippen LogP contribution is 2.21. The van der Waals surface area contributed by atoms with Crippen molar-refractivity contribution in [3.63, 3.8) is 0 Å². The van der Waals surface area contributed by atoms with Crippen LogP contribution in [0.15, 0.2) is 35.1 Å². The average Bonchev–Trinajstić information content (AvgIpc) is 2.56. The molecule has 0 aliphatic carbocycles. The highest BCUT2D eigenvalue weighted by atomic mass is 16.5. The van der Waals surface area contributed by atoms with E-state index < -0.39 is 0 Å². The van der Waals surface area contributed by atoms with Gasteiger partial charge in [-0.15, -0.1) is 0 Å². The molecule has 1 aromatic carbocycles. The van der Waals surface area contributed by atoms with Gasteiger partial charge in [-0.2, -0.15) is 0 Å². The first-order valence-electron chi connectivity index (χ1n) is 8.46. The molecule has 1 amide bonds. The first-order chi connectivity index (χ1) is 11.8. The van der Waals surface area contributed by atoms with E-state index in [1.54, 1.807) is 13.1 Å². The molecule has 2 rings (SSSR count). The maximum absolute atomic E-state index is 12.7. The van der Waals surface area contributed by atoms with Crippen molar-refractivity contribution in [3.8, 4) is 5.75 Å². The van der Waals surface area contributed by atoms with Gasteiger partial charge < -0.3 is 14.6 Å². The summed E-state index contributed by atoms with van der Waals surface area (Å²) in [5.74, 6) is 0.884. The molecule has 0 bridgehead atoms. The average molecular weight is 342 g/mol. The van der Waals surface area contributed by atoms with Crippen molar-refractivity contribution in [2.75, 3.05) is 13.7 Å². The van der Waals surface area contributed by atoms with Crippen molar-refractivity contribution in [2.24, 2.45) is 5.92 Å². The molecule has 0 unspecified atom stereocenters. The summed E-state index contributed by atoms with van der Waals surface area (Å²) in [7, 11) is 1.69. The van der Waals surface area contributed by atoms with E-state index >= 15 is 0 Å². The molecule has 0 fully saturated rings. The SMILES string of the molecule is Cc1cc(C(=O)N(C)Cc2ccccc2OCC(C)C)c(=O)[nH]c1C. The lowest BCUT2D eigenvalue weighted by Crippen LogP contribution is -2.32. The van der Waals surface area contributed by atoms with Gasteiger partial charge in [0.15, 0.2) is 0 Å². The minimum atomic E-state index is -0.357. The zero-order valence-corrected chi connectivity index (χ0v) is 15.6. The Morgan fingerprint density at radius 1 is 1.24 bits per heavy atom. The summed E-state index contributed by atoms with van der Waals surface area (Å²) in [6.45, 7) is 8.85. The number of pyridine rings is 1. The van der Waals surface area contributed by atoms with Gasteiger partial charge in [-0.25, -0.2) is 0 Å². The Morgan fingerprint density at radius 3 is 2.60 bits per heavy atom. The van der Waals surface area contributed by atoms with Gasteiger partial charge in [-0.05, 0) is 37.5 Å². The predicted octanol–water partition coefficient (Wildman–Crippen LogP) is 3.30. The number of nitrogens with zero attached hydrogens (tertiary/aromatic N) is 1. The summed E-state index contributed by atoms with van der Waals surface area (Å²) in [6.07, 6.45) is 0. The molecule has 1 aromatic heterocycles. The predicted molar refractivity (Wildman–Crippen MR) is 99.1 cm³/mol. The van der Waals surface area contributed by atoms with Crippen LogP contribution in [0.2, 0.25) is 0 Å². The fourth-order valence-corrected chi connectivity index (χ4v) is 2.45. The molecule has 2 aromatic rings. The number of nitrogens with one attached hydrogen (secondary N) is 1. The summed E-state index contributed by atoms with van der Waals surface area (Å²) >= 11 is 0. The standard InChI is InChI=1S/C20H26N2O3/c1-13(2)12-25-18-9-7-6-8-16(18)11-22(5)20(24)17-10-14(3)15(4)21-19(17)23/h6-10,13H,11-12H2,1-5H3,(H,21,23). The molecule has 0 radical (unpaired) electrons. The lowest BCUT2D eigenvalue weighted by molar-refractivity contribution is 0.0781. The van der Waals surface area contributed by atoms with Gasteiger partial charge in [-0.3, -0.25) is 9.59 Å². The summed E-state index contributed by atoms with van der Waals surface area (Å²) < 4.78 is 5.84. The number of rotatable bonds is 6. The number of para-hydroxylation sites is 1. The van der Waals surface area contributed by atoms with Crippen LogP contribution in [-0.2, 0) is 6.54 Å². The van der Waals surface area contributed by atoms with Gasteiger partial charge in [0.1, 0.15) is 11.3 Å². The summed E-state index contributed by atoms with van der Waals surface area (Å²) in [6, 6.07) is 9.31. The lowest BCUT2D eigenvalue weighted by Gasteiger charge is -2.20. The first-order valence-corrected chi connectivity index (χ1v) is 8.46. The molecule has 0 saturated carbocycles. The molecule has 0 aliphatic rings. The molecular formula is C20H26N2O3. The number of hydrogen-bond donors (Lipinski definition) is 1. The summed E-state index contributed by atoms with van der Waals surface area (Å²) in [4.78, 5) is 29.0. The Morgan fingerprint density at radius 2 is 1.92 bits per heavy atom. The minimum absolute atomic E-state index is 0.158. The van der Waals surface area contributed by atoms with Crippen LogP contribution < -0.4 is 10.3 Å². The molecule has 1 heterocycles. The van der Waals surface area contributed by atoms with Gasteiger partial charge in [0.05, 0.1) is 6.61 Å². The summed E-state index contributed by atoms with van der Waals surface area (Å²) in [5.41, 5.74) is 2.38. The van der Waals surface area contributed by atoms with Crippen LogP contribution in [0.4, 0.5) is 0 Å². The lowest BCUT2D eigenvalue weighted by atomic mass is 10.1. The zero-order chi connectivity index (χ0) is 18.6. The number of amides is 1. The molecule has 5 heteroatoms. The molecule has 134 valence electrons. The van der Waals surface area contributed by atoms with Crippen molar-refractivity contribution < 1.29 is 9.53 Å². The van der Waals surface area contributed by atoms with Crippen LogP contribution in [0, 0.1) is 19.8 Å². The Bertz CT molecular complexity index is 809. The Balaban J connectivity index is 2.20. The number of carbonyl (C=O) groups excluding carboxylic acids is 1. The van der Waals surface area contributed by atoms with Crippen molar-refractivity contribution in [1.82, 2.24) is 9.88 Å². The molecule has 0 atom stereocenters. The van der Waals surface area contributed by atoms with E-state index in [4.69, 9.17) is 4.74 Å². The van der Waals surface area contributed by atoms with E-state index in [9.17, 15) is 9.59 Å². The topological polar surface area (TPSA) is 62.4 Å². The fraction of sp³-hybridized carbons (Fsp3) is 0.400. The van der Waals surface area contributed by atoms with Crippen molar-refractivity contribution in [3.05, 3.63) is 63.1 Å². The number of carbonyl (C=O) groups is 1. The van der Waals surface area contributed by atoms with Crippen molar-refractivity contribution >= 4 is 5.91 Å². The smallest absolute Gasteiger partial charge is 0.261 e. The highest BCUT2D eigenvalue weighted by Gasteiger charge is 2.18. The van der Waals surface area contributed by atoms with E-state index in [0.717, 1.165) is 22.6 Å². The van der Waals surface area contributed by atoms with E-state index in [1.165, 1.54) is 4.90 Å². The van der Waals surface area contributed by atoms with Gasteiger partial charge in [0.25, 0.3) is 11.5 Å². The molecule has 0 aliphatic heterocycles. The number of aromatic nitrogens is 1. The van der Waals surface area contributed by atoms with Crippen molar-refractivity contribution in [1.29, 1.82) is 0 Å². The van der Waals surface area contributed by atoms with Crippen LogP contribution in [-0.4, -0.2) is 29.4 Å². The van der Waals surface area contributed by atoms with Crippen LogP contribution in [0.25, 0.3) is 0 Å². The van der Waals surface area contributed by atoms with Crippen LogP contribution >= 0.6 is 0 Å². The third-order valence-corrected chi connectivity index (χ3v) is 4.03. The second kappa shape index (κ2) is 8.01. The van der Waals surface area contributed by atoms with Gasteiger partial charge in [0, 0.05) is 24.8 Å². The molecular weight excluding hydrogens is 316 g/mol. The zero-order valence-electron chi connectivity index (χ0n) is 15.6. The van der Waals surface area contributed by atoms with Crippen LogP contribution in [0.3, 0.4) is 0 Å². The van der Waals surface area contributed by atoms with Gasteiger partial charge >= 0.3 is 0 Å². The quantitative estimate of drug-likeness (QED) is 0.876. The number of H-pyrrole nitrogens is 1. The summed E-state index contributed by atoms with van der Waals surface area (Å²) in [5, 5.41) is 0. The van der Waals surface area contributed by atoms with E-state index in [-0.39, 0.29) is 17.0 Å². The number of ether oxygens (including phenoxy) is 1. The number of aryl methyl sites for hydroxylation is 2. The van der Waals surface area contributed by atoms with Gasteiger partial charge in [0.2, 0.25) is 0 Å². The normalized spacial score (nSPS) is 10.8. The highest BCUT2D eigenvalue weighted by molar-refractivity contribution is 5.93. The monoisotopic (exact) mass is 342 g/mol. The largest absolute Gasteiger partial charge is 0.493 e.